The van der Waals surface area contributed by atoms with Gasteiger partial charge in [-0.3, -0.25) is 0 Å². The van der Waals surface area contributed by atoms with Gasteiger partial charge in [0.25, 0.3) is 0 Å². The molecule has 3 aromatic heterocycles. The lowest BCUT2D eigenvalue weighted by Crippen LogP contribution is -2.09. The third kappa shape index (κ3) is 5.60. The Morgan fingerprint density at radius 1 is 0.254 bits per heavy atom. The Kier molecular flexibility index (Phi) is 7.91. The molecule has 3 nitrogen and oxygen atoms in total. The molecular weight excluding hydrogens is 763 g/mol. The van der Waals surface area contributed by atoms with Crippen molar-refractivity contribution in [1.82, 2.24) is 8.97 Å². The van der Waals surface area contributed by atoms with Crippen LogP contribution < -0.4 is 4.90 Å². The maximum absolute atomic E-state index is 2.46. The number of anilines is 3. The number of hydrogen-bond acceptors (Lipinski definition) is 1. The Bertz CT molecular complexity index is 3800. The highest BCUT2D eigenvalue weighted by molar-refractivity contribution is 6.23. The highest BCUT2D eigenvalue weighted by Gasteiger charge is 2.19. The van der Waals surface area contributed by atoms with Crippen LogP contribution in [0.1, 0.15) is 0 Å². The summed E-state index contributed by atoms with van der Waals surface area (Å²) in [5.74, 6) is 0. The average Bonchev–Trinajstić information content (AvgIpc) is 4.00. The first-order valence-corrected chi connectivity index (χ1v) is 21.7. The molecule has 0 atom stereocenters. The third-order valence-electron chi connectivity index (χ3n) is 13.1. The zero-order valence-electron chi connectivity index (χ0n) is 34.4. The van der Waals surface area contributed by atoms with Gasteiger partial charge in [-0.15, -0.1) is 0 Å². The van der Waals surface area contributed by atoms with Crippen LogP contribution in [0.25, 0.3) is 99.0 Å². The molecule has 0 aliphatic heterocycles. The van der Waals surface area contributed by atoms with Gasteiger partial charge >= 0.3 is 0 Å². The highest BCUT2D eigenvalue weighted by atomic mass is 15.1. The van der Waals surface area contributed by atoms with Crippen molar-refractivity contribution in [2.75, 3.05) is 4.90 Å². The molecule has 0 spiro atoms. The Balaban J connectivity index is 0.888. The lowest BCUT2D eigenvalue weighted by molar-refractivity contribution is 1.18. The average molecular weight is 802 g/mol. The molecule has 0 aliphatic rings. The van der Waals surface area contributed by atoms with Crippen molar-refractivity contribution >= 4 is 77.0 Å². The fourth-order valence-electron chi connectivity index (χ4n) is 10.1. The molecule has 0 saturated heterocycles. The quantitative estimate of drug-likeness (QED) is 0.156. The maximum Gasteiger partial charge on any atom is 0.0620 e. The monoisotopic (exact) mass is 801 g/mol. The summed E-state index contributed by atoms with van der Waals surface area (Å²) in [6.07, 6.45) is 0. The molecule has 0 unspecified atom stereocenters. The number of benzene rings is 10. The van der Waals surface area contributed by atoms with E-state index in [1.807, 2.05) is 0 Å². The van der Waals surface area contributed by atoms with Gasteiger partial charge in [-0.05, 0) is 112 Å². The van der Waals surface area contributed by atoms with Crippen molar-refractivity contribution in [1.29, 1.82) is 0 Å². The van der Waals surface area contributed by atoms with Gasteiger partial charge < -0.3 is 13.9 Å². The normalized spacial score (nSPS) is 11.8. The number of aromatic nitrogens is 2. The minimum atomic E-state index is 1.10. The van der Waals surface area contributed by atoms with Gasteiger partial charge in [0.15, 0.2) is 0 Å². The SMILES string of the molecule is c1ccc(-c2ccc(N(c3ccc(-c4ccc5c(c4)c4ccccc4n5-c4ccccc4)cc3)c3ccc(-c4ccc5c6cccc7c8ccccc8n(c5c4)c76)cc3)cc2)cc1. The first-order chi connectivity index (χ1) is 31.2. The van der Waals surface area contributed by atoms with E-state index in [4.69, 9.17) is 0 Å². The maximum atomic E-state index is 2.46. The Morgan fingerprint density at radius 2 is 0.683 bits per heavy atom. The van der Waals surface area contributed by atoms with Crippen LogP contribution in [-0.4, -0.2) is 8.97 Å². The topological polar surface area (TPSA) is 12.6 Å². The molecule has 13 aromatic rings. The number of hydrogen-bond donors (Lipinski definition) is 0. The fourth-order valence-corrected chi connectivity index (χ4v) is 10.1. The first-order valence-electron chi connectivity index (χ1n) is 21.7. The summed E-state index contributed by atoms with van der Waals surface area (Å²) in [5, 5.41) is 7.70. The number of nitrogens with zero attached hydrogens (tertiary/aromatic N) is 3. The Labute approximate surface area is 364 Å². The van der Waals surface area contributed by atoms with E-state index in [0.717, 1.165) is 17.1 Å². The molecule has 3 heterocycles. The number of rotatable bonds is 7. The van der Waals surface area contributed by atoms with Gasteiger partial charge in [0.2, 0.25) is 0 Å². The smallest absolute Gasteiger partial charge is 0.0620 e. The van der Waals surface area contributed by atoms with E-state index in [2.05, 4.69) is 250 Å². The van der Waals surface area contributed by atoms with Gasteiger partial charge in [-0.1, -0.05) is 158 Å². The van der Waals surface area contributed by atoms with Crippen molar-refractivity contribution in [3.05, 3.63) is 237 Å². The molecule has 0 bridgehead atoms. The van der Waals surface area contributed by atoms with E-state index in [9.17, 15) is 0 Å². The molecule has 0 radical (unpaired) electrons. The molecule has 0 aliphatic carbocycles. The van der Waals surface area contributed by atoms with Gasteiger partial charge in [-0.25, -0.2) is 0 Å². The third-order valence-corrected chi connectivity index (χ3v) is 13.1. The summed E-state index contributed by atoms with van der Waals surface area (Å²) in [5.41, 5.74) is 17.8. The molecule has 10 aromatic carbocycles. The van der Waals surface area contributed by atoms with Gasteiger partial charge in [-0.2, -0.15) is 0 Å². The van der Waals surface area contributed by atoms with Crippen LogP contribution in [0.5, 0.6) is 0 Å². The minimum Gasteiger partial charge on any atom is -0.311 e. The first kappa shape index (κ1) is 35.4. The molecule has 13 rings (SSSR count). The van der Waals surface area contributed by atoms with E-state index < -0.39 is 0 Å². The molecule has 0 amide bonds. The molecule has 0 fully saturated rings. The van der Waals surface area contributed by atoms with Crippen molar-refractivity contribution in [2.24, 2.45) is 0 Å². The number of para-hydroxylation sites is 4. The van der Waals surface area contributed by atoms with Crippen LogP contribution in [0, 0.1) is 0 Å². The largest absolute Gasteiger partial charge is 0.311 e. The minimum absolute atomic E-state index is 1.10. The van der Waals surface area contributed by atoms with E-state index in [1.165, 1.54) is 99.0 Å². The molecule has 0 saturated carbocycles. The van der Waals surface area contributed by atoms with Crippen LogP contribution in [0.4, 0.5) is 17.1 Å². The summed E-state index contributed by atoms with van der Waals surface area (Å²) in [4.78, 5) is 2.36. The number of fused-ring (bicyclic) bond motifs is 9. The zero-order valence-corrected chi connectivity index (χ0v) is 34.4. The summed E-state index contributed by atoms with van der Waals surface area (Å²) < 4.78 is 4.83. The second-order valence-electron chi connectivity index (χ2n) is 16.5. The lowest BCUT2D eigenvalue weighted by Gasteiger charge is -2.26. The molecular formula is C60H39N3. The van der Waals surface area contributed by atoms with Crippen LogP contribution in [0.2, 0.25) is 0 Å². The molecule has 63 heavy (non-hydrogen) atoms. The van der Waals surface area contributed by atoms with Gasteiger partial charge in [0.05, 0.1) is 27.6 Å². The van der Waals surface area contributed by atoms with Crippen molar-refractivity contribution in [2.45, 2.75) is 0 Å². The van der Waals surface area contributed by atoms with E-state index in [1.54, 1.807) is 0 Å². The summed E-state index contributed by atoms with van der Waals surface area (Å²) in [7, 11) is 0. The second-order valence-corrected chi connectivity index (χ2v) is 16.5. The Hall–Kier alpha value is -8.40. The Morgan fingerprint density at radius 3 is 1.32 bits per heavy atom. The fraction of sp³-hybridized carbons (Fsp3) is 0. The van der Waals surface area contributed by atoms with Crippen LogP contribution in [-0.2, 0) is 0 Å². The lowest BCUT2D eigenvalue weighted by atomic mass is 10.0. The van der Waals surface area contributed by atoms with Crippen LogP contribution in [0.3, 0.4) is 0 Å². The van der Waals surface area contributed by atoms with Crippen molar-refractivity contribution in [3.8, 4) is 39.1 Å². The van der Waals surface area contributed by atoms with Crippen molar-refractivity contribution in [3.63, 3.8) is 0 Å². The zero-order chi connectivity index (χ0) is 41.4. The molecule has 3 heteroatoms. The predicted octanol–water partition coefficient (Wildman–Crippen LogP) is 16.4. The van der Waals surface area contributed by atoms with Gasteiger partial charge in [0.1, 0.15) is 0 Å². The van der Waals surface area contributed by atoms with Crippen LogP contribution >= 0.6 is 0 Å². The van der Waals surface area contributed by atoms with Crippen LogP contribution in [0.15, 0.2) is 237 Å². The highest BCUT2D eigenvalue weighted by Crippen LogP contribution is 2.42. The standard InChI is InChI=1S/C60H39N3/c1-3-12-40(13-4-1)41-22-30-47(31-23-41)61(48-32-24-42(25-33-48)44-29-37-58-55(38-44)51-17-8-9-20-56(51)62(58)46-14-5-2-6-15-46)49-34-26-43(27-35-49)45-28-36-52-54-19-11-18-53-50-16-7-10-21-57(50)63(60(53)54)59(52)39-45/h1-39H. The van der Waals surface area contributed by atoms with E-state index in [0.29, 0.717) is 0 Å². The van der Waals surface area contributed by atoms with E-state index in [-0.39, 0.29) is 0 Å². The summed E-state index contributed by atoms with van der Waals surface area (Å²) >= 11 is 0. The molecule has 294 valence electrons. The molecule has 0 N–H and O–H groups in total. The van der Waals surface area contributed by atoms with E-state index >= 15 is 0 Å². The second kappa shape index (κ2) is 14.1. The van der Waals surface area contributed by atoms with Gasteiger partial charge in [0, 0.05) is 55.1 Å². The summed E-state index contributed by atoms with van der Waals surface area (Å²) in [6.45, 7) is 0. The van der Waals surface area contributed by atoms with Crippen molar-refractivity contribution < 1.29 is 0 Å². The summed E-state index contributed by atoms with van der Waals surface area (Å²) in [6, 6.07) is 86.3. The predicted molar refractivity (Wildman–Crippen MR) is 266 cm³/mol.